The van der Waals surface area contributed by atoms with Crippen LogP contribution in [-0.4, -0.2) is 43.4 Å². The minimum absolute atomic E-state index is 0.219. The zero-order valence-corrected chi connectivity index (χ0v) is 34.0. The standard InChI is InChI=1S/C47H87NO2/c1-3-5-7-9-11-13-15-17-19-21-23-25-27-29-31-36-40-49-46-43-48(42-45-38-34-33-35-39-45)44-47(46)50-41-37-32-30-28-26-24-22-20-18-16-14-12-10-8-6-4-2/h33-35,38-39,46-47H,3-32,36-37,40-44H2,1-2H3/t46-,47-/m1/s1. The van der Waals surface area contributed by atoms with Crippen molar-refractivity contribution in [2.24, 2.45) is 0 Å². The van der Waals surface area contributed by atoms with Crippen LogP contribution in [-0.2, 0) is 16.0 Å². The Labute approximate surface area is 313 Å². The summed E-state index contributed by atoms with van der Waals surface area (Å²) in [7, 11) is 0. The van der Waals surface area contributed by atoms with Crippen LogP contribution in [0.1, 0.15) is 225 Å². The highest BCUT2D eigenvalue weighted by Gasteiger charge is 2.34. The predicted molar refractivity (Wildman–Crippen MR) is 220 cm³/mol. The summed E-state index contributed by atoms with van der Waals surface area (Å²) in [6.07, 6.45) is 45.6. The Morgan fingerprint density at radius 2 is 0.680 bits per heavy atom. The lowest BCUT2D eigenvalue weighted by molar-refractivity contribution is -0.0481. The highest BCUT2D eigenvalue weighted by molar-refractivity contribution is 5.14. The first kappa shape index (κ1) is 45.3. The van der Waals surface area contributed by atoms with E-state index in [9.17, 15) is 0 Å². The van der Waals surface area contributed by atoms with Crippen LogP contribution in [0.5, 0.6) is 0 Å². The summed E-state index contributed by atoms with van der Waals surface area (Å²) < 4.78 is 13.0. The second-order valence-corrected chi connectivity index (χ2v) is 16.1. The first-order valence-corrected chi connectivity index (χ1v) is 22.8. The third-order valence-electron chi connectivity index (χ3n) is 11.2. The molecule has 0 unspecified atom stereocenters. The molecule has 0 aliphatic carbocycles. The van der Waals surface area contributed by atoms with Crippen molar-refractivity contribution in [3.05, 3.63) is 35.9 Å². The molecule has 0 spiro atoms. The number of hydrogen-bond donors (Lipinski definition) is 0. The maximum Gasteiger partial charge on any atom is 0.0975 e. The molecule has 1 aromatic carbocycles. The second kappa shape index (κ2) is 35.1. The Kier molecular flexibility index (Phi) is 31.8. The van der Waals surface area contributed by atoms with E-state index < -0.39 is 0 Å². The summed E-state index contributed by atoms with van der Waals surface area (Å²) in [5.41, 5.74) is 1.39. The molecule has 1 aliphatic heterocycles. The average Bonchev–Trinajstić information content (AvgIpc) is 3.51. The molecule has 3 heteroatoms. The highest BCUT2D eigenvalue weighted by atomic mass is 16.5. The van der Waals surface area contributed by atoms with Gasteiger partial charge in [0.25, 0.3) is 0 Å². The number of likely N-dealkylation sites (tertiary alicyclic amines) is 1. The molecule has 292 valence electrons. The molecule has 1 heterocycles. The lowest BCUT2D eigenvalue weighted by atomic mass is 10.0. The SMILES string of the molecule is CCCCCCCCCCCCCCCCCCO[C@@H]1CN(Cc2ccccc2)C[C@H]1OCCCCCCCCCCCCCCCCCC. The summed E-state index contributed by atoms with van der Waals surface area (Å²) in [6.45, 7) is 9.38. The van der Waals surface area contributed by atoms with Crippen molar-refractivity contribution in [3.63, 3.8) is 0 Å². The van der Waals surface area contributed by atoms with E-state index in [2.05, 4.69) is 49.1 Å². The quantitative estimate of drug-likeness (QED) is 0.0642. The summed E-state index contributed by atoms with van der Waals surface area (Å²) in [4.78, 5) is 2.55. The summed E-state index contributed by atoms with van der Waals surface area (Å²) in [5.74, 6) is 0. The highest BCUT2D eigenvalue weighted by Crippen LogP contribution is 2.21. The van der Waals surface area contributed by atoms with Gasteiger partial charge in [-0.15, -0.1) is 0 Å². The maximum absolute atomic E-state index is 6.52. The van der Waals surface area contributed by atoms with Gasteiger partial charge in [0.1, 0.15) is 0 Å². The largest absolute Gasteiger partial charge is 0.374 e. The Balaban J connectivity index is 1.46. The first-order chi connectivity index (χ1) is 24.8. The second-order valence-electron chi connectivity index (χ2n) is 16.1. The van der Waals surface area contributed by atoms with E-state index in [0.29, 0.717) is 0 Å². The molecular weight excluding hydrogens is 611 g/mol. The lowest BCUT2D eigenvalue weighted by Gasteiger charge is -2.20. The average molecular weight is 698 g/mol. The smallest absolute Gasteiger partial charge is 0.0975 e. The van der Waals surface area contributed by atoms with E-state index in [1.165, 1.54) is 211 Å². The van der Waals surface area contributed by atoms with E-state index in [1.54, 1.807) is 0 Å². The molecule has 1 fully saturated rings. The van der Waals surface area contributed by atoms with E-state index in [0.717, 1.165) is 32.8 Å². The molecular formula is C47H87NO2. The van der Waals surface area contributed by atoms with Gasteiger partial charge >= 0.3 is 0 Å². The molecule has 3 nitrogen and oxygen atoms in total. The van der Waals surface area contributed by atoms with Crippen LogP contribution in [0.25, 0.3) is 0 Å². The van der Waals surface area contributed by atoms with Crippen molar-refractivity contribution in [2.75, 3.05) is 26.3 Å². The van der Waals surface area contributed by atoms with Gasteiger partial charge in [-0.3, -0.25) is 4.90 Å². The molecule has 2 rings (SSSR count). The third-order valence-corrected chi connectivity index (χ3v) is 11.2. The molecule has 1 aromatic rings. The fourth-order valence-electron chi connectivity index (χ4n) is 7.88. The van der Waals surface area contributed by atoms with Gasteiger partial charge in [0.2, 0.25) is 0 Å². The molecule has 0 saturated carbocycles. The van der Waals surface area contributed by atoms with Crippen molar-refractivity contribution < 1.29 is 9.47 Å². The van der Waals surface area contributed by atoms with E-state index in [1.807, 2.05) is 0 Å². The van der Waals surface area contributed by atoms with Crippen molar-refractivity contribution in [1.82, 2.24) is 4.90 Å². The monoisotopic (exact) mass is 698 g/mol. The van der Waals surface area contributed by atoms with Crippen molar-refractivity contribution >= 4 is 0 Å². The molecule has 0 radical (unpaired) electrons. The molecule has 0 N–H and O–H groups in total. The Morgan fingerprint density at radius 3 is 0.980 bits per heavy atom. The zero-order chi connectivity index (χ0) is 35.4. The molecule has 2 atom stereocenters. The van der Waals surface area contributed by atoms with Crippen LogP contribution in [0.3, 0.4) is 0 Å². The lowest BCUT2D eigenvalue weighted by Crippen LogP contribution is -2.30. The van der Waals surface area contributed by atoms with Gasteiger partial charge in [0, 0.05) is 32.8 Å². The van der Waals surface area contributed by atoms with Crippen molar-refractivity contribution in [3.8, 4) is 0 Å². The van der Waals surface area contributed by atoms with Gasteiger partial charge < -0.3 is 9.47 Å². The van der Waals surface area contributed by atoms with Gasteiger partial charge in [0.15, 0.2) is 0 Å². The van der Waals surface area contributed by atoms with Crippen LogP contribution < -0.4 is 0 Å². The molecule has 1 aliphatic rings. The maximum atomic E-state index is 6.52. The number of ether oxygens (including phenoxy) is 2. The van der Waals surface area contributed by atoms with E-state index >= 15 is 0 Å². The van der Waals surface area contributed by atoms with Gasteiger partial charge in [-0.05, 0) is 18.4 Å². The van der Waals surface area contributed by atoms with Crippen LogP contribution in [0.2, 0.25) is 0 Å². The number of nitrogens with zero attached hydrogens (tertiary/aromatic N) is 1. The summed E-state index contributed by atoms with van der Waals surface area (Å²) in [6, 6.07) is 10.9. The van der Waals surface area contributed by atoms with Gasteiger partial charge in [-0.1, -0.05) is 237 Å². The molecule has 50 heavy (non-hydrogen) atoms. The fourth-order valence-corrected chi connectivity index (χ4v) is 7.88. The van der Waals surface area contributed by atoms with Crippen LogP contribution in [0.4, 0.5) is 0 Å². The molecule has 0 amide bonds. The third kappa shape index (κ3) is 26.8. The fraction of sp³-hybridized carbons (Fsp3) is 0.872. The number of rotatable bonds is 38. The van der Waals surface area contributed by atoms with Crippen molar-refractivity contribution in [2.45, 2.75) is 238 Å². The topological polar surface area (TPSA) is 21.7 Å². The summed E-state index contributed by atoms with van der Waals surface area (Å²) >= 11 is 0. The Hall–Kier alpha value is -0.900. The van der Waals surface area contributed by atoms with Gasteiger partial charge in [-0.25, -0.2) is 0 Å². The molecule has 0 bridgehead atoms. The number of benzene rings is 1. The van der Waals surface area contributed by atoms with Crippen LogP contribution in [0, 0.1) is 0 Å². The number of unbranched alkanes of at least 4 members (excludes halogenated alkanes) is 30. The van der Waals surface area contributed by atoms with Gasteiger partial charge in [0.05, 0.1) is 12.2 Å². The zero-order valence-electron chi connectivity index (χ0n) is 34.0. The summed E-state index contributed by atoms with van der Waals surface area (Å²) in [5, 5.41) is 0. The van der Waals surface area contributed by atoms with Crippen LogP contribution in [0.15, 0.2) is 30.3 Å². The van der Waals surface area contributed by atoms with Crippen LogP contribution >= 0.6 is 0 Å². The first-order valence-electron chi connectivity index (χ1n) is 22.8. The molecule has 0 aromatic heterocycles. The Morgan fingerprint density at radius 1 is 0.400 bits per heavy atom. The van der Waals surface area contributed by atoms with E-state index in [4.69, 9.17) is 9.47 Å². The van der Waals surface area contributed by atoms with Crippen molar-refractivity contribution in [1.29, 1.82) is 0 Å². The minimum Gasteiger partial charge on any atom is -0.374 e. The Bertz CT molecular complexity index is 754. The van der Waals surface area contributed by atoms with Gasteiger partial charge in [-0.2, -0.15) is 0 Å². The van der Waals surface area contributed by atoms with E-state index in [-0.39, 0.29) is 12.2 Å². The normalized spacial score (nSPS) is 16.5. The molecule has 1 saturated heterocycles. The number of hydrogen-bond acceptors (Lipinski definition) is 3. The minimum atomic E-state index is 0.219. The predicted octanol–water partition coefficient (Wildman–Crippen LogP) is 14.8.